The zero-order chi connectivity index (χ0) is 20.1. The number of carbonyl (C=O) groups is 1. The molecule has 5 nitrogen and oxygen atoms in total. The lowest BCUT2D eigenvalue weighted by Gasteiger charge is -2.32. The molecule has 1 aliphatic heterocycles. The van der Waals surface area contributed by atoms with Crippen LogP contribution in [0.4, 0.5) is 9.52 Å². The van der Waals surface area contributed by atoms with Crippen molar-refractivity contribution < 1.29 is 9.18 Å². The van der Waals surface area contributed by atoms with Crippen molar-refractivity contribution in [1.29, 1.82) is 0 Å². The summed E-state index contributed by atoms with van der Waals surface area (Å²) in [5, 5.41) is 4.17. The Morgan fingerprint density at radius 1 is 1.10 bits per heavy atom. The molecule has 2 fully saturated rings. The van der Waals surface area contributed by atoms with Crippen molar-refractivity contribution >= 4 is 22.6 Å². The van der Waals surface area contributed by atoms with Gasteiger partial charge in [0.15, 0.2) is 0 Å². The molecule has 4 rings (SSSR count). The van der Waals surface area contributed by atoms with Gasteiger partial charge >= 0.3 is 0 Å². The van der Waals surface area contributed by atoms with E-state index in [1.807, 2.05) is 0 Å². The predicted molar refractivity (Wildman–Crippen MR) is 114 cm³/mol. The summed E-state index contributed by atoms with van der Waals surface area (Å²) < 4.78 is 17.5. The van der Waals surface area contributed by atoms with E-state index in [-0.39, 0.29) is 17.6 Å². The van der Waals surface area contributed by atoms with Crippen LogP contribution >= 0.6 is 11.5 Å². The highest BCUT2D eigenvalue weighted by Gasteiger charge is 2.25. The molecule has 7 heteroatoms. The molecule has 1 aromatic heterocycles. The number of hydrogen-bond acceptors (Lipinski definition) is 5. The fraction of sp³-hybridized carbons (Fsp3) is 0.591. The fourth-order valence-corrected chi connectivity index (χ4v) is 5.05. The molecule has 1 saturated carbocycles. The molecule has 1 N–H and O–H groups in total. The number of benzene rings is 1. The van der Waals surface area contributed by atoms with Gasteiger partial charge < -0.3 is 10.2 Å². The number of carbonyl (C=O) groups excluding carboxylic acids is 1. The maximum absolute atomic E-state index is 13.0. The third-order valence-electron chi connectivity index (χ3n) is 6.16. The number of halogens is 1. The van der Waals surface area contributed by atoms with E-state index in [1.165, 1.54) is 42.9 Å². The van der Waals surface area contributed by atoms with Crippen LogP contribution in [-0.4, -0.2) is 34.9 Å². The van der Waals surface area contributed by atoms with Crippen molar-refractivity contribution in [1.82, 2.24) is 14.7 Å². The van der Waals surface area contributed by atoms with Crippen LogP contribution in [0.3, 0.4) is 0 Å². The average Bonchev–Trinajstić information content (AvgIpc) is 3.23. The summed E-state index contributed by atoms with van der Waals surface area (Å²) in [7, 11) is 0. The van der Waals surface area contributed by atoms with Gasteiger partial charge in [0, 0.05) is 43.5 Å². The Balaban J connectivity index is 1.22. The van der Waals surface area contributed by atoms with Gasteiger partial charge in [0.2, 0.25) is 11.0 Å². The Hall–Kier alpha value is -2.02. The van der Waals surface area contributed by atoms with Gasteiger partial charge in [-0.2, -0.15) is 4.37 Å². The van der Waals surface area contributed by atoms with E-state index < -0.39 is 0 Å². The van der Waals surface area contributed by atoms with Gasteiger partial charge in [0.1, 0.15) is 11.6 Å². The minimum Gasteiger partial charge on any atom is -0.356 e. The quantitative estimate of drug-likeness (QED) is 0.767. The smallest absolute Gasteiger partial charge is 0.223 e. The Morgan fingerprint density at radius 2 is 1.83 bits per heavy atom. The predicted octanol–water partition coefficient (Wildman–Crippen LogP) is 4.18. The average molecular weight is 417 g/mol. The number of hydrogen-bond donors (Lipinski definition) is 1. The fourth-order valence-electron chi connectivity index (χ4n) is 4.31. The van der Waals surface area contributed by atoms with Crippen molar-refractivity contribution in [3.63, 3.8) is 0 Å². The van der Waals surface area contributed by atoms with E-state index in [0.717, 1.165) is 61.8 Å². The van der Waals surface area contributed by atoms with Crippen LogP contribution in [0, 0.1) is 17.7 Å². The Morgan fingerprint density at radius 3 is 2.55 bits per heavy atom. The molecular weight excluding hydrogens is 387 g/mol. The molecule has 2 aromatic rings. The topological polar surface area (TPSA) is 58.1 Å². The van der Waals surface area contributed by atoms with Crippen molar-refractivity contribution in [2.24, 2.45) is 11.8 Å². The first-order valence-electron chi connectivity index (χ1n) is 10.8. The molecule has 2 aliphatic rings. The van der Waals surface area contributed by atoms with E-state index in [2.05, 4.69) is 19.6 Å². The third-order valence-corrected chi connectivity index (χ3v) is 6.97. The SMILES string of the molecule is O=C(NCC1CCN(c2nc(Cc3ccc(F)cc3)ns2)CC1)C1CCCCC1. The van der Waals surface area contributed by atoms with Gasteiger partial charge in [0.25, 0.3) is 0 Å². The summed E-state index contributed by atoms with van der Waals surface area (Å²) >= 11 is 1.44. The Labute approximate surface area is 175 Å². The van der Waals surface area contributed by atoms with E-state index in [0.29, 0.717) is 12.3 Å². The maximum atomic E-state index is 13.0. The van der Waals surface area contributed by atoms with Crippen LogP contribution in [-0.2, 0) is 11.2 Å². The van der Waals surface area contributed by atoms with E-state index in [1.54, 1.807) is 12.1 Å². The van der Waals surface area contributed by atoms with Crippen LogP contribution in [0.25, 0.3) is 0 Å². The summed E-state index contributed by atoms with van der Waals surface area (Å²) in [6.07, 6.45) is 8.54. The molecule has 29 heavy (non-hydrogen) atoms. The molecule has 0 unspecified atom stereocenters. The minimum absolute atomic E-state index is 0.224. The molecular formula is C22H29FN4OS. The number of piperidine rings is 1. The second-order valence-electron chi connectivity index (χ2n) is 8.31. The summed E-state index contributed by atoms with van der Waals surface area (Å²) in [6, 6.07) is 6.51. The molecule has 1 saturated heterocycles. The van der Waals surface area contributed by atoms with Gasteiger partial charge in [-0.15, -0.1) is 0 Å². The van der Waals surface area contributed by atoms with Crippen LogP contribution in [0.15, 0.2) is 24.3 Å². The lowest BCUT2D eigenvalue weighted by molar-refractivity contribution is -0.126. The molecule has 1 aromatic carbocycles. The van der Waals surface area contributed by atoms with Gasteiger partial charge in [-0.1, -0.05) is 31.4 Å². The summed E-state index contributed by atoms with van der Waals surface area (Å²) in [5.41, 5.74) is 1.02. The van der Waals surface area contributed by atoms with Crippen LogP contribution < -0.4 is 10.2 Å². The Bertz CT molecular complexity index is 795. The number of nitrogens with one attached hydrogen (secondary N) is 1. The molecule has 0 spiro atoms. The number of rotatable bonds is 6. The highest BCUT2D eigenvalue weighted by molar-refractivity contribution is 7.09. The van der Waals surface area contributed by atoms with Gasteiger partial charge in [0.05, 0.1) is 0 Å². The van der Waals surface area contributed by atoms with E-state index in [4.69, 9.17) is 0 Å². The van der Waals surface area contributed by atoms with Crippen molar-refractivity contribution in [2.75, 3.05) is 24.5 Å². The monoisotopic (exact) mass is 416 g/mol. The van der Waals surface area contributed by atoms with Crippen molar-refractivity contribution in [2.45, 2.75) is 51.4 Å². The molecule has 0 atom stereocenters. The lowest BCUT2D eigenvalue weighted by Crippen LogP contribution is -2.40. The highest BCUT2D eigenvalue weighted by atomic mass is 32.1. The number of nitrogens with zero attached hydrogens (tertiary/aromatic N) is 3. The number of amides is 1. The molecule has 1 amide bonds. The first-order valence-corrected chi connectivity index (χ1v) is 11.5. The second kappa shape index (κ2) is 9.65. The first kappa shape index (κ1) is 20.3. The largest absolute Gasteiger partial charge is 0.356 e. The zero-order valence-electron chi connectivity index (χ0n) is 16.8. The molecule has 0 radical (unpaired) electrons. The van der Waals surface area contributed by atoms with E-state index >= 15 is 0 Å². The van der Waals surface area contributed by atoms with E-state index in [9.17, 15) is 9.18 Å². The zero-order valence-corrected chi connectivity index (χ0v) is 17.6. The standard InChI is InChI=1S/C22H29FN4OS/c23-19-8-6-16(7-9-19)14-20-25-22(29-26-20)27-12-10-17(11-13-27)15-24-21(28)18-4-2-1-3-5-18/h6-9,17-18H,1-5,10-15H2,(H,24,28). The summed E-state index contributed by atoms with van der Waals surface area (Å²) in [6.45, 7) is 2.71. The molecule has 0 bridgehead atoms. The first-order chi connectivity index (χ1) is 14.2. The maximum Gasteiger partial charge on any atom is 0.223 e. The highest BCUT2D eigenvalue weighted by Crippen LogP contribution is 2.26. The minimum atomic E-state index is -0.224. The Kier molecular flexibility index (Phi) is 6.74. The normalized spacial score (nSPS) is 18.7. The van der Waals surface area contributed by atoms with Gasteiger partial charge in [-0.25, -0.2) is 9.37 Å². The second-order valence-corrected chi connectivity index (χ2v) is 9.04. The lowest BCUT2D eigenvalue weighted by atomic mass is 9.88. The van der Waals surface area contributed by atoms with Crippen LogP contribution in [0.2, 0.25) is 0 Å². The molecule has 156 valence electrons. The van der Waals surface area contributed by atoms with Gasteiger partial charge in [-0.3, -0.25) is 4.79 Å². The van der Waals surface area contributed by atoms with Gasteiger partial charge in [-0.05, 0) is 49.3 Å². The summed E-state index contributed by atoms with van der Waals surface area (Å²) in [4.78, 5) is 19.3. The molecule has 1 aliphatic carbocycles. The number of aromatic nitrogens is 2. The number of anilines is 1. The van der Waals surface area contributed by atoms with Crippen LogP contribution in [0.1, 0.15) is 56.3 Å². The molecule has 2 heterocycles. The van der Waals surface area contributed by atoms with Crippen molar-refractivity contribution in [3.05, 3.63) is 41.5 Å². The van der Waals surface area contributed by atoms with Crippen molar-refractivity contribution in [3.8, 4) is 0 Å². The third kappa shape index (κ3) is 5.53. The summed E-state index contributed by atoms with van der Waals surface area (Å²) in [5.74, 6) is 1.62. The van der Waals surface area contributed by atoms with Crippen LogP contribution in [0.5, 0.6) is 0 Å².